The summed E-state index contributed by atoms with van der Waals surface area (Å²) in [7, 11) is 0. The van der Waals surface area contributed by atoms with Gasteiger partial charge in [-0.15, -0.1) is 0 Å². The fraction of sp³-hybridized carbons (Fsp3) is 0. The van der Waals surface area contributed by atoms with Crippen LogP contribution in [0.4, 0.5) is 0 Å². The van der Waals surface area contributed by atoms with E-state index in [0.717, 1.165) is 27.4 Å². The van der Waals surface area contributed by atoms with E-state index in [1.165, 1.54) is 0 Å². The molecule has 4 heteroatoms. The van der Waals surface area contributed by atoms with E-state index < -0.39 is 0 Å². The zero-order valence-electron chi connectivity index (χ0n) is 8.74. The molecule has 2 heterocycles. The number of rotatable bonds is 2. The summed E-state index contributed by atoms with van der Waals surface area (Å²) in [5.41, 5.74) is 2.26. The topological polar surface area (TPSA) is 46.0 Å². The summed E-state index contributed by atoms with van der Waals surface area (Å²) >= 11 is 3.40. The normalized spacial score (nSPS) is 10.9. The Kier molecular flexibility index (Phi) is 2.37. The van der Waals surface area contributed by atoms with Crippen LogP contribution in [-0.4, -0.2) is 11.3 Å². The Hall–Kier alpha value is -1.81. The molecular formula is C13H8BrNO2. The Balaban J connectivity index is 2.36. The number of halogens is 1. The Morgan fingerprint density at radius 2 is 2.18 bits per heavy atom. The second-order valence-corrected chi connectivity index (χ2v) is 4.61. The maximum absolute atomic E-state index is 11.2. The van der Waals surface area contributed by atoms with Gasteiger partial charge in [0, 0.05) is 15.4 Å². The molecule has 0 saturated carbocycles. The molecule has 0 saturated heterocycles. The van der Waals surface area contributed by atoms with Gasteiger partial charge in [0.15, 0.2) is 12.0 Å². The van der Waals surface area contributed by atoms with Gasteiger partial charge < -0.3 is 9.40 Å². The van der Waals surface area contributed by atoms with E-state index in [1.807, 2.05) is 24.3 Å². The Labute approximate surface area is 106 Å². The molecule has 1 aromatic carbocycles. The van der Waals surface area contributed by atoms with Crippen molar-refractivity contribution >= 4 is 33.1 Å². The van der Waals surface area contributed by atoms with Crippen LogP contribution in [-0.2, 0) is 0 Å². The summed E-state index contributed by atoms with van der Waals surface area (Å²) < 4.78 is 6.26. The second-order valence-electron chi connectivity index (χ2n) is 3.70. The monoisotopic (exact) mass is 289 g/mol. The van der Waals surface area contributed by atoms with Crippen LogP contribution < -0.4 is 0 Å². The lowest BCUT2D eigenvalue weighted by Gasteiger charge is -1.93. The number of hydrogen-bond acceptors (Lipinski definition) is 2. The van der Waals surface area contributed by atoms with Crippen molar-refractivity contribution in [2.75, 3.05) is 0 Å². The highest BCUT2D eigenvalue weighted by Crippen LogP contribution is 2.30. The molecule has 84 valence electrons. The number of furan rings is 1. The van der Waals surface area contributed by atoms with Crippen LogP contribution in [0.2, 0.25) is 0 Å². The highest BCUT2D eigenvalue weighted by molar-refractivity contribution is 9.10. The van der Waals surface area contributed by atoms with Gasteiger partial charge in [-0.1, -0.05) is 15.9 Å². The maximum atomic E-state index is 11.2. The molecule has 3 aromatic rings. The van der Waals surface area contributed by atoms with E-state index in [0.29, 0.717) is 11.3 Å². The summed E-state index contributed by atoms with van der Waals surface area (Å²) in [4.78, 5) is 14.4. The molecule has 1 N–H and O–H groups in total. The molecule has 2 aromatic heterocycles. The number of fused-ring (bicyclic) bond motifs is 1. The van der Waals surface area contributed by atoms with Crippen LogP contribution in [0.1, 0.15) is 10.4 Å². The van der Waals surface area contributed by atoms with Gasteiger partial charge in [-0.25, -0.2) is 0 Å². The predicted molar refractivity (Wildman–Crippen MR) is 69.1 cm³/mol. The molecular weight excluding hydrogens is 282 g/mol. The Bertz CT molecular complexity index is 683. The second kappa shape index (κ2) is 3.89. The highest BCUT2D eigenvalue weighted by atomic mass is 79.9. The summed E-state index contributed by atoms with van der Waals surface area (Å²) in [5, 5.41) is 0.890. The van der Waals surface area contributed by atoms with Gasteiger partial charge >= 0.3 is 0 Å². The standard InChI is InChI=1S/C13H8BrNO2/c14-8-3-4-11-9(6-8)10(7-16)13(15-11)12-2-1-5-17-12/h1-7,15H. The molecule has 0 aliphatic rings. The lowest BCUT2D eigenvalue weighted by atomic mass is 10.1. The van der Waals surface area contributed by atoms with Crippen LogP contribution in [0.5, 0.6) is 0 Å². The lowest BCUT2D eigenvalue weighted by molar-refractivity contribution is 0.112. The Morgan fingerprint density at radius 1 is 1.29 bits per heavy atom. The summed E-state index contributed by atoms with van der Waals surface area (Å²) in [6.45, 7) is 0. The van der Waals surface area contributed by atoms with E-state index in [-0.39, 0.29) is 0 Å². The quantitative estimate of drug-likeness (QED) is 0.725. The molecule has 0 unspecified atom stereocenters. The third-order valence-electron chi connectivity index (χ3n) is 2.69. The van der Waals surface area contributed by atoms with E-state index in [2.05, 4.69) is 20.9 Å². The number of carbonyl (C=O) groups is 1. The van der Waals surface area contributed by atoms with Gasteiger partial charge in [0.2, 0.25) is 0 Å². The SMILES string of the molecule is O=Cc1c(-c2ccco2)[nH]c2ccc(Br)cc12. The zero-order chi connectivity index (χ0) is 11.8. The number of benzene rings is 1. The average molecular weight is 290 g/mol. The van der Waals surface area contributed by atoms with E-state index >= 15 is 0 Å². The number of aromatic nitrogens is 1. The highest BCUT2D eigenvalue weighted by Gasteiger charge is 2.14. The number of hydrogen-bond donors (Lipinski definition) is 1. The fourth-order valence-corrected chi connectivity index (χ4v) is 2.28. The average Bonchev–Trinajstić information content (AvgIpc) is 2.94. The molecule has 0 atom stereocenters. The summed E-state index contributed by atoms with van der Waals surface area (Å²) in [5.74, 6) is 0.666. The predicted octanol–water partition coefficient (Wildman–Crippen LogP) is 4.00. The van der Waals surface area contributed by atoms with Crippen molar-refractivity contribution < 1.29 is 9.21 Å². The van der Waals surface area contributed by atoms with Crippen LogP contribution >= 0.6 is 15.9 Å². The molecule has 0 amide bonds. The first kappa shape index (κ1) is 10.4. The van der Waals surface area contributed by atoms with E-state index in [1.54, 1.807) is 12.3 Å². The van der Waals surface area contributed by atoms with Gasteiger partial charge in [-0.3, -0.25) is 4.79 Å². The molecule has 17 heavy (non-hydrogen) atoms. The van der Waals surface area contributed by atoms with E-state index in [9.17, 15) is 4.79 Å². The number of nitrogens with one attached hydrogen (secondary N) is 1. The van der Waals surface area contributed by atoms with Crippen LogP contribution in [0.3, 0.4) is 0 Å². The minimum absolute atomic E-state index is 0.622. The lowest BCUT2D eigenvalue weighted by Crippen LogP contribution is -1.81. The van der Waals surface area contributed by atoms with Crippen molar-refractivity contribution in [2.45, 2.75) is 0 Å². The first-order chi connectivity index (χ1) is 8.29. The minimum Gasteiger partial charge on any atom is -0.463 e. The largest absolute Gasteiger partial charge is 0.463 e. The van der Waals surface area contributed by atoms with Gasteiger partial charge in [0.05, 0.1) is 17.5 Å². The van der Waals surface area contributed by atoms with Crippen molar-refractivity contribution in [3.63, 3.8) is 0 Å². The van der Waals surface area contributed by atoms with Gasteiger partial charge in [0.25, 0.3) is 0 Å². The van der Waals surface area contributed by atoms with Crippen LogP contribution in [0.25, 0.3) is 22.4 Å². The van der Waals surface area contributed by atoms with Crippen molar-refractivity contribution in [3.05, 3.63) is 46.6 Å². The number of aromatic amines is 1. The van der Waals surface area contributed by atoms with Crippen molar-refractivity contribution in [1.29, 1.82) is 0 Å². The third kappa shape index (κ3) is 1.61. The minimum atomic E-state index is 0.622. The first-order valence-corrected chi connectivity index (χ1v) is 5.89. The molecule has 0 aliphatic heterocycles. The first-order valence-electron chi connectivity index (χ1n) is 5.10. The van der Waals surface area contributed by atoms with Crippen LogP contribution in [0, 0.1) is 0 Å². The summed E-state index contributed by atoms with van der Waals surface area (Å²) in [6, 6.07) is 9.40. The molecule has 0 radical (unpaired) electrons. The van der Waals surface area contributed by atoms with Crippen molar-refractivity contribution in [2.24, 2.45) is 0 Å². The molecule has 3 rings (SSSR count). The van der Waals surface area contributed by atoms with Crippen LogP contribution in [0.15, 0.2) is 45.5 Å². The van der Waals surface area contributed by atoms with Gasteiger partial charge in [-0.05, 0) is 30.3 Å². The molecule has 0 fully saturated rings. The summed E-state index contributed by atoms with van der Waals surface area (Å²) in [6.07, 6.45) is 2.44. The Morgan fingerprint density at radius 3 is 2.88 bits per heavy atom. The molecule has 0 spiro atoms. The smallest absolute Gasteiger partial charge is 0.152 e. The van der Waals surface area contributed by atoms with Crippen molar-refractivity contribution in [1.82, 2.24) is 4.98 Å². The fourth-order valence-electron chi connectivity index (χ4n) is 1.92. The number of carbonyl (C=O) groups excluding carboxylic acids is 1. The van der Waals surface area contributed by atoms with Gasteiger partial charge in [-0.2, -0.15) is 0 Å². The van der Waals surface area contributed by atoms with Gasteiger partial charge in [0.1, 0.15) is 0 Å². The number of aldehydes is 1. The zero-order valence-corrected chi connectivity index (χ0v) is 10.3. The number of H-pyrrole nitrogens is 1. The molecule has 0 bridgehead atoms. The molecule has 3 nitrogen and oxygen atoms in total. The van der Waals surface area contributed by atoms with E-state index in [4.69, 9.17) is 4.42 Å². The molecule has 0 aliphatic carbocycles. The maximum Gasteiger partial charge on any atom is 0.152 e. The third-order valence-corrected chi connectivity index (χ3v) is 3.18. The van der Waals surface area contributed by atoms with Crippen molar-refractivity contribution in [3.8, 4) is 11.5 Å².